The van der Waals surface area contributed by atoms with Crippen LogP contribution in [0.4, 0.5) is 10.1 Å². The lowest BCUT2D eigenvalue weighted by Gasteiger charge is -2.10. The van der Waals surface area contributed by atoms with Crippen molar-refractivity contribution < 1.29 is 9.18 Å². The lowest BCUT2D eigenvalue weighted by molar-refractivity contribution is -0.113. The topological polar surface area (TPSA) is 57.8 Å². The molecule has 0 saturated heterocycles. The van der Waals surface area contributed by atoms with Gasteiger partial charge >= 0.3 is 0 Å². The maximum Gasteiger partial charge on any atom is 0.234 e. The van der Waals surface area contributed by atoms with Crippen molar-refractivity contribution in [1.82, 2.24) is 9.97 Å². The number of thioether (sulfide) groups is 1. The summed E-state index contributed by atoms with van der Waals surface area (Å²) in [5.74, 6) is -0.104. The molecular weight excluding hydrogens is 337 g/mol. The van der Waals surface area contributed by atoms with Crippen LogP contribution in [0.5, 0.6) is 0 Å². The standard InChI is InChI=1S/C19H18FN3OS/c1-12-4-3-5-13(2)18(12)23-17(24)11-25-19-21-10-16(22-19)14-6-8-15(20)9-7-14/h3-10H,11H2,1-2H3,(H,21,22)(H,23,24). The average molecular weight is 355 g/mol. The Morgan fingerprint density at radius 2 is 1.84 bits per heavy atom. The number of carbonyl (C=O) groups excluding carboxylic acids is 1. The van der Waals surface area contributed by atoms with Gasteiger partial charge in [0.05, 0.1) is 17.6 Å². The van der Waals surface area contributed by atoms with Crippen LogP contribution in [-0.2, 0) is 4.79 Å². The third-order valence-corrected chi connectivity index (χ3v) is 4.68. The Labute approximate surface area is 149 Å². The van der Waals surface area contributed by atoms with Crippen molar-refractivity contribution in [2.45, 2.75) is 19.0 Å². The van der Waals surface area contributed by atoms with Crippen LogP contribution in [0.25, 0.3) is 11.3 Å². The van der Waals surface area contributed by atoms with Crippen LogP contribution in [-0.4, -0.2) is 21.6 Å². The highest BCUT2D eigenvalue weighted by atomic mass is 32.2. The number of hydrogen-bond acceptors (Lipinski definition) is 3. The van der Waals surface area contributed by atoms with Gasteiger partial charge in [-0.1, -0.05) is 30.0 Å². The Balaban J connectivity index is 1.60. The molecule has 128 valence electrons. The van der Waals surface area contributed by atoms with E-state index in [1.807, 2.05) is 32.0 Å². The number of aryl methyl sites for hydroxylation is 2. The van der Waals surface area contributed by atoms with Crippen molar-refractivity contribution in [2.75, 3.05) is 11.1 Å². The first-order valence-corrected chi connectivity index (χ1v) is 8.81. The highest BCUT2D eigenvalue weighted by Crippen LogP contribution is 2.23. The fourth-order valence-corrected chi connectivity index (χ4v) is 3.12. The zero-order chi connectivity index (χ0) is 17.8. The highest BCUT2D eigenvalue weighted by molar-refractivity contribution is 7.99. The molecule has 0 bridgehead atoms. The summed E-state index contributed by atoms with van der Waals surface area (Å²) < 4.78 is 13.0. The molecule has 25 heavy (non-hydrogen) atoms. The second kappa shape index (κ2) is 7.53. The van der Waals surface area contributed by atoms with E-state index in [-0.39, 0.29) is 17.5 Å². The fourth-order valence-electron chi connectivity index (χ4n) is 2.47. The van der Waals surface area contributed by atoms with Crippen molar-refractivity contribution in [3.8, 4) is 11.3 Å². The van der Waals surface area contributed by atoms with E-state index < -0.39 is 0 Å². The summed E-state index contributed by atoms with van der Waals surface area (Å²) in [4.78, 5) is 19.6. The van der Waals surface area contributed by atoms with E-state index in [0.717, 1.165) is 28.1 Å². The molecule has 0 saturated carbocycles. The molecule has 3 aromatic rings. The monoisotopic (exact) mass is 355 g/mol. The number of hydrogen-bond donors (Lipinski definition) is 2. The number of para-hydroxylation sites is 1. The number of aromatic nitrogens is 2. The minimum Gasteiger partial charge on any atom is -0.333 e. The lowest BCUT2D eigenvalue weighted by Crippen LogP contribution is -2.15. The number of aromatic amines is 1. The zero-order valence-corrected chi connectivity index (χ0v) is 14.8. The van der Waals surface area contributed by atoms with Crippen LogP contribution < -0.4 is 5.32 Å². The molecule has 0 aliphatic heterocycles. The molecule has 0 atom stereocenters. The van der Waals surface area contributed by atoms with Gasteiger partial charge in [-0.25, -0.2) is 9.37 Å². The number of nitrogens with one attached hydrogen (secondary N) is 2. The molecular formula is C19H18FN3OS. The van der Waals surface area contributed by atoms with Crippen molar-refractivity contribution >= 4 is 23.4 Å². The molecule has 0 spiro atoms. The molecule has 1 amide bonds. The highest BCUT2D eigenvalue weighted by Gasteiger charge is 2.10. The third kappa shape index (κ3) is 4.28. The summed E-state index contributed by atoms with van der Waals surface area (Å²) in [6.07, 6.45) is 1.68. The largest absolute Gasteiger partial charge is 0.333 e. The number of nitrogens with zero attached hydrogens (tertiary/aromatic N) is 1. The summed E-state index contributed by atoms with van der Waals surface area (Å²) in [6.45, 7) is 3.94. The van der Waals surface area contributed by atoms with Crippen LogP contribution in [0.15, 0.2) is 53.8 Å². The quantitative estimate of drug-likeness (QED) is 0.660. The minimum atomic E-state index is -0.277. The second-order valence-electron chi connectivity index (χ2n) is 5.71. The van der Waals surface area contributed by atoms with Crippen LogP contribution >= 0.6 is 11.8 Å². The molecule has 0 unspecified atom stereocenters. The molecule has 1 aromatic heterocycles. The number of carbonyl (C=O) groups is 1. The van der Waals surface area contributed by atoms with E-state index in [1.165, 1.54) is 23.9 Å². The summed E-state index contributed by atoms with van der Waals surface area (Å²) >= 11 is 1.33. The van der Waals surface area contributed by atoms with Gasteiger partial charge in [-0.2, -0.15) is 0 Å². The van der Waals surface area contributed by atoms with Crippen molar-refractivity contribution in [3.63, 3.8) is 0 Å². The second-order valence-corrected chi connectivity index (χ2v) is 6.68. The van der Waals surface area contributed by atoms with Gasteiger partial charge in [-0.3, -0.25) is 4.79 Å². The molecule has 1 heterocycles. The van der Waals surface area contributed by atoms with E-state index in [0.29, 0.717) is 5.16 Å². The molecule has 0 fully saturated rings. The number of rotatable bonds is 5. The van der Waals surface area contributed by atoms with Gasteiger partial charge in [0, 0.05) is 5.69 Å². The maximum absolute atomic E-state index is 13.0. The Bertz CT molecular complexity index is 870. The zero-order valence-electron chi connectivity index (χ0n) is 14.0. The SMILES string of the molecule is Cc1cccc(C)c1NC(=O)CSc1ncc(-c2ccc(F)cc2)[nH]1. The van der Waals surface area contributed by atoms with Crippen LogP contribution in [0, 0.1) is 19.7 Å². The molecule has 2 aromatic carbocycles. The van der Waals surface area contributed by atoms with Crippen molar-refractivity contribution in [1.29, 1.82) is 0 Å². The number of anilines is 1. The summed E-state index contributed by atoms with van der Waals surface area (Å²) in [5.41, 5.74) is 4.57. The molecule has 0 aliphatic rings. The Morgan fingerprint density at radius 1 is 1.16 bits per heavy atom. The van der Waals surface area contributed by atoms with Crippen molar-refractivity contribution in [2.24, 2.45) is 0 Å². The van der Waals surface area contributed by atoms with Gasteiger partial charge in [-0.05, 0) is 54.8 Å². The smallest absolute Gasteiger partial charge is 0.234 e. The Kier molecular flexibility index (Phi) is 5.19. The Morgan fingerprint density at radius 3 is 2.52 bits per heavy atom. The Hall–Kier alpha value is -2.60. The van der Waals surface area contributed by atoms with Crippen LogP contribution in [0.3, 0.4) is 0 Å². The lowest BCUT2D eigenvalue weighted by atomic mass is 10.1. The van der Waals surface area contributed by atoms with Gasteiger partial charge in [0.25, 0.3) is 0 Å². The van der Waals surface area contributed by atoms with E-state index in [9.17, 15) is 9.18 Å². The number of H-pyrrole nitrogens is 1. The minimum absolute atomic E-state index is 0.0814. The molecule has 4 nitrogen and oxygen atoms in total. The number of imidazole rings is 1. The molecule has 0 radical (unpaired) electrons. The summed E-state index contributed by atoms with van der Waals surface area (Å²) in [6, 6.07) is 12.1. The van der Waals surface area contributed by atoms with Gasteiger partial charge in [0.15, 0.2) is 5.16 Å². The maximum atomic E-state index is 13.0. The van der Waals surface area contributed by atoms with Crippen molar-refractivity contribution in [3.05, 3.63) is 65.6 Å². The normalized spacial score (nSPS) is 10.7. The first-order valence-electron chi connectivity index (χ1n) is 7.83. The molecule has 0 aliphatic carbocycles. The van der Waals surface area contributed by atoms with E-state index in [4.69, 9.17) is 0 Å². The number of amides is 1. The van der Waals surface area contributed by atoms with E-state index in [1.54, 1.807) is 18.3 Å². The van der Waals surface area contributed by atoms with Crippen LogP contribution in [0.1, 0.15) is 11.1 Å². The van der Waals surface area contributed by atoms with Gasteiger partial charge in [0.2, 0.25) is 5.91 Å². The van der Waals surface area contributed by atoms with E-state index >= 15 is 0 Å². The van der Waals surface area contributed by atoms with Gasteiger partial charge < -0.3 is 10.3 Å². The summed E-state index contributed by atoms with van der Waals surface area (Å²) in [5, 5.41) is 3.60. The van der Waals surface area contributed by atoms with Crippen LogP contribution in [0.2, 0.25) is 0 Å². The predicted molar refractivity (Wildman–Crippen MR) is 99.3 cm³/mol. The molecule has 3 rings (SSSR count). The first kappa shape index (κ1) is 17.2. The third-order valence-electron chi connectivity index (χ3n) is 3.79. The van der Waals surface area contributed by atoms with Gasteiger partial charge in [-0.15, -0.1) is 0 Å². The summed E-state index contributed by atoms with van der Waals surface area (Å²) in [7, 11) is 0. The molecule has 2 N–H and O–H groups in total. The average Bonchev–Trinajstić information content (AvgIpc) is 3.06. The predicted octanol–water partition coefficient (Wildman–Crippen LogP) is 4.56. The van der Waals surface area contributed by atoms with Gasteiger partial charge in [0.1, 0.15) is 5.82 Å². The fraction of sp³-hybridized carbons (Fsp3) is 0.158. The number of benzene rings is 2. The molecule has 6 heteroatoms. The number of halogens is 1. The first-order chi connectivity index (χ1) is 12.0. The van der Waals surface area contributed by atoms with E-state index in [2.05, 4.69) is 15.3 Å².